The quantitative estimate of drug-likeness (QED) is 0.404. The van der Waals surface area contributed by atoms with E-state index in [4.69, 9.17) is 15.9 Å². The summed E-state index contributed by atoms with van der Waals surface area (Å²) in [5.41, 5.74) is 6.18. The molecule has 1 aromatic rings. The summed E-state index contributed by atoms with van der Waals surface area (Å²) < 4.78 is 4.96. The van der Waals surface area contributed by atoms with E-state index in [0.29, 0.717) is 5.84 Å². The van der Waals surface area contributed by atoms with Crippen LogP contribution in [0.2, 0.25) is 0 Å². The smallest absolute Gasteiger partial charge is 0.270 e. The minimum Gasteiger partial charge on any atom is -1.00 e. The molecule has 0 amide bonds. The van der Waals surface area contributed by atoms with Gasteiger partial charge in [0.2, 0.25) is 0 Å². The minimum absolute atomic E-state index is 0. The number of methoxy groups -OCH3 is 1. The van der Waals surface area contributed by atoms with Gasteiger partial charge in [-0.15, -0.1) is 0 Å². The molecule has 0 radical (unpaired) electrons. The number of hydrogen-bond donors (Lipinski definition) is 2. The van der Waals surface area contributed by atoms with Crippen LogP contribution in [0.3, 0.4) is 0 Å². The first kappa shape index (κ1) is 11.0. The molecule has 0 bridgehead atoms. The first-order valence-electron chi connectivity index (χ1n) is 3.26. The molecule has 0 aliphatic heterocycles. The molecule has 0 spiro atoms. The zero-order valence-electron chi connectivity index (χ0n) is 6.75. The van der Waals surface area contributed by atoms with Crippen molar-refractivity contribution < 1.29 is 27.1 Å². The van der Waals surface area contributed by atoms with E-state index in [1.165, 1.54) is 0 Å². The van der Waals surface area contributed by atoms with Crippen LogP contribution in [-0.4, -0.2) is 12.9 Å². The van der Waals surface area contributed by atoms with E-state index in [2.05, 4.69) is 0 Å². The van der Waals surface area contributed by atoms with Crippen LogP contribution in [0.15, 0.2) is 24.3 Å². The topological polar surface area (TPSA) is 60.8 Å². The Hall–Kier alpha value is -1.03. The predicted molar refractivity (Wildman–Crippen MR) is 43.2 cm³/mol. The number of amidine groups is 1. The maximum atomic E-state index is 5.36. The van der Waals surface area contributed by atoms with Crippen LogP contribution in [0.5, 0.6) is 5.75 Å². The maximum absolute atomic E-state index is 5.36. The molecular weight excluding hydrogens is 220 g/mol. The summed E-state index contributed by atoms with van der Waals surface area (Å²) in [6.45, 7) is 0. The lowest BCUT2D eigenvalue weighted by molar-refractivity contribution is -0.114. The molecule has 66 valence electrons. The zero-order valence-corrected chi connectivity index (χ0v) is 8.34. The molecule has 0 fully saturated rings. The number of ether oxygens (including phenoxy) is 1. The highest BCUT2D eigenvalue weighted by Crippen LogP contribution is 2.09. The van der Waals surface area contributed by atoms with Crippen molar-refractivity contribution >= 4 is 5.84 Å². The van der Waals surface area contributed by atoms with Gasteiger partial charge >= 0.3 is 0 Å². The fraction of sp³-hybridized carbons (Fsp3) is 0.125. The average Bonchev–Trinajstić information content (AvgIpc) is 2.05. The van der Waals surface area contributed by atoms with Crippen molar-refractivity contribution in [2.24, 2.45) is 5.73 Å². The van der Waals surface area contributed by atoms with Crippen molar-refractivity contribution in [2.45, 2.75) is 0 Å². The number of halogens is 1. The Morgan fingerprint density at radius 3 is 2.17 bits per heavy atom. The first-order valence-corrected chi connectivity index (χ1v) is 3.26. The number of benzene rings is 1. The van der Waals surface area contributed by atoms with Crippen LogP contribution in [0.1, 0.15) is 5.56 Å². The van der Waals surface area contributed by atoms with Gasteiger partial charge in [-0.25, -0.2) is 0 Å². The van der Waals surface area contributed by atoms with E-state index in [9.17, 15) is 0 Å². The maximum Gasteiger partial charge on any atom is 0.270 e. The molecule has 12 heavy (non-hydrogen) atoms. The van der Waals surface area contributed by atoms with Crippen LogP contribution in [0, 0.1) is 0 Å². The van der Waals surface area contributed by atoms with E-state index >= 15 is 0 Å². The van der Waals surface area contributed by atoms with Gasteiger partial charge < -0.3 is 21.7 Å². The SMILES string of the molecule is COc1ccc(C(N)=[NH2+])cc1.[Br-]. The summed E-state index contributed by atoms with van der Waals surface area (Å²) >= 11 is 0. The van der Waals surface area contributed by atoms with Gasteiger partial charge in [0.25, 0.3) is 5.84 Å². The van der Waals surface area contributed by atoms with Crippen molar-refractivity contribution in [1.82, 2.24) is 0 Å². The van der Waals surface area contributed by atoms with Crippen LogP contribution >= 0.6 is 0 Å². The van der Waals surface area contributed by atoms with Crippen LogP contribution < -0.4 is 32.9 Å². The second-order valence-corrected chi connectivity index (χ2v) is 2.18. The largest absolute Gasteiger partial charge is 1.00 e. The monoisotopic (exact) mass is 230 g/mol. The van der Waals surface area contributed by atoms with Crippen molar-refractivity contribution in [3.05, 3.63) is 29.8 Å². The molecule has 0 saturated carbocycles. The highest BCUT2D eigenvalue weighted by molar-refractivity contribution is 5.92. The van der Waals surface area contributed by atoms with Gasteiger partial charge in [-0.1, -0.05) is 0 Å². The normalized spacial score (nSPS) is 8.42. The van der Waals surface area contributed by atoms with Crippen molar-refractivity contribution in [3.63, 3.8) is 0 Å². The van der Waals surface area contributed by atoms with E-state index in [1.807, 2.05) is 24.3 Å². The summed E-state index contributed by atoms with van der Waals surface area (Å²) in [5, 5.41) is 5.36. The molecule has 0 heterocycles. The molecule has 0 atom stereocenters. The van der Waals surface area contributed by atoms with Crippen molar-refractivity contribution in [1.29, 1.82) is 0 Å². The van der Waals surface area contributed by atoms with Gasteiger partial charge in [0.1, 0.15) is 5.75 Å². The van der Waals surface area contributed by atoms with Crippen LogP contribution in [0.25, 0.3) is 0 Å². The molecule has 0 saturated heterocycles. The highest BCUT2D eigenvalue weighted by Gasteiger charge is 1.99. The molecule has 3 nitrogen and oxygen atoms in total. The molecule has 4 heteroatoms. The van der Waals surface area contributed by atoms with E-state index in [1.54, 1.807) is 7.11 Å². The van der Waals surface area contributed by atoms with Gasteiger partial charge in [-0.2, -0.15) is 0 Å². The molecule has 0 aliphatic rings. The van der Waals surface area contributed by atoms with Gasteiger partial charge in [-0.05, 0) is 24.3 Å². The Kier molecular flexibility index (Phi) is 4.36. The van der Waals surface area contributed by atoms with Gasteiger partial charge in [0.05, 0.1) is 12.7 Å². The summed E-state index contributed by atoms with van der Waals surface area (Å²) in [7, 11) is 1.62. The summed E-state index contributed by atoms with van der Waals surface area (Å²) in [4.78, 5) is 0. The third-order valence-electron chi connectivity index (χ3n) is 1.42. The summed E-state index contributed by atoms with van der Waals surface area (Å²) in [5.74, 6) is 1.13. The Labute approximate surface area is 81.8 Å². The second-order valence-electron chi connectivity index (χ2n) is 2.18. The Morgan fingerprint density at radius 1 is 1.33 bits per heavy atom. The Bertz CT molecular complexity index is 258. The number of nitrogens with two attached hydrogens (primary N) is 2. The minimum atomic E-state index is 0. The third kappa shape index (κ3) is 2.54. The lowest BCUT2D eigenvalue weighted by Crippen LogP contribution is -3.00. The summed E-state index contributed by atoms with van der Waals surface area (Å²) in [6, 6.07) is 7.26. The average molecular weight is 231 g/mol. The van der Waals surface area contributed by atoms with Crippen molar-refractivity contribution in [3.8, 4) is 5.75 Å². The molecule has 0 aliphatic carbocycles. The molecule has 1 rings (SSSR count). The molecule has 1 aromatic carbocycles. The molecule has 0 aromatic heterocycles. The second kappa shape index (κ2) is 4.77. The Morgan fingerprint density at radius 2 is 1.83 bits per heavy atom. The number of hydrogen-bond acceptors (Lipinski definition) is 1. The van der Waals surface area contributed by atoms with Crippen LogP contribution in [-0.2, 0) is 0 Å². The number of rotatable bonds is 2. The third-order valence-corrected chi connectivity index (χ3v) is 1.42. The lowest BCUT2D eigenvalue weighted by Gasteiger charge is -1.98. The van der Waals surface area contributed by atoms with Gasteiger partial charge in [0, 0.05) is 0 Å². The highest BCUT2D eigenvalue weighted by atomic mass is 79.9. The zero-order chi connectivity index (χ0) is 8.27. The van der Waals surface area contributed by atoms with Crippen LogP contribution in [0.4, 0.5) is 0 Å². The fourth-order valence-corrected chi connectivity index (χ4v) is 0.783. The standard InChI is InChI=1S/C8H10N2O.BrH/c1-11-7-4-2-6(3-5-7)8(9)10;/h2-5H,1H3,(H3,9,10);1H. The fourth-order valence-electron chi connectivity index (χ4n) is 0.783. The summed E-state index contributed by atoms with van der Waals surface area (Å²) in [6.07, 6.45) is 0. The van der Waals surface area contributed by atoms with Gasteiger partial charge in [-0.3, -0.25) is 11.1 Å². The van der Waals surface area contributed by atoms with E-state index < -0.39 is 0 Å². The Balaban J connectivity index is 0.00000121. The van der Waals surface area contributed by atoms with Gasteiger partial charge in [0.15, 0.2) is 0 Å². The molecular formula is C8H11BrN2O. The molecule has 4 N–H and O–H groups in total. The van der Waals surface area contributed by atoms with Crippen molar-refractivity contribution in [2.75, 3.05) is 7.11 Å². The van der Waals surface area contributed by atoms with E-state index in [0.717, 1.165) is 11.3 Å². The predicted octanol–water partition coefficient (Wildman–Crippen LogP) is -3.84. The van der Waals surface area contributed by atoms with E-state index in [-0.39, 0.29) is 17.0 Å². The first-order chi connectivity index (χ1) is 5.24. The molecule has 0 unspecified atom stereocenters. The lowest BCUT2D eigenvalue weighted by atomic mass is 10.2.